The molecule has 0 heterocycles. The molecule has 4 nitrogen and oxygen atoms in total. The van der Waals surface area contributed by atoms with E-state index in [0.717, 1.165) is 23.2 Å². The van der Waals surface area contributed by atoms with Gasteiger partial charge in [-0.2, -0.15) is 0 Å². The van der Waals surface area contributed by atoms with Crippen LogP contribution in [0, 0.1) is 13.8 Å². The van der Waals surface area contributed by atoms with Gasteiger partial charge < -0.3 is 15.0 Å². The molecule has 0 fully saturated rings. The van der Waals surface area contributed by atoms with Crippen LogP contribution in [0.25, 0.3) is 0 Å². The molecule has 0 unspecified atom stereocenters. The number of anilines is 1. The Balaban J connectivity index is 2.83. The molecule has 0 aliphatic rings. The number of benzene rings is 1. The molecule has 0 atom stereocenters. The van der Waals surface area contributed by atoms with Crippen molar-refractivity contribution >= 4 is 11.8 Å². The average molecular weight is 250 g/mol. The number of carbonyl (C=O) groups is 1. The van der Waals surface area contributed by atoms with Gasteiger partial charge in [-0.05, 0) is 43.5 Å². The van der Waals surface area contributed by atoms with Gasteiger partial charge in [-0.1, -0.05) is 6.92 Å². The second-order valence-corrected chi connectivity index (χ2v) is 4.62. The molecule has 100 valence electrons. The highest BCUT2D eigenvalue weighted by atomic mass is 16.6. The van der Waals surface area contributed by atoms with Crippen LogP contribution in [-0.2, 0) is 0 Å². The number of nitrogens with one attached hydrogen (secondary N) is 1. The van der Waals surface area contributed by atoms with E-state index in [-0.39, 0.29) is 0 Å². The van der Waals surface area contributed by atoms with Gasteiger partial charge in [0.05, 0.1) is 0 Å². The van der Waals surface area contributed by atoms with E-state index in [0.29, 0.717) is 12.3 Å². The molecule has 18 heavy (non-hydrogen) atoms. The maximum atomic E-state index is 11.5. The third kappa shape index (κ3) is 3.65. The van der Waals surface area contributed by atoms with E-state index in [1.807, 2.05) is 47.0 Å². The Morgan fingerprint density at radius 3 is 2.28 bits per heavy atom. The van der Waals surface area contributed by atoms with Crippen LogP contribution in [0.1, 0.15) is 24.5 Å². The molecular formula is C14H22N2O2. The van der Waals surface area contributed by atoms with Gasteiger partial charge in [-0.25, -0.2) is 4.79 Å². The van der Waals surface area contributed by atoms with Gasteiger partial charge in [0, 0.05) is 26.3 Å². The van der Waals surface area contributed by atoms with E-state index in [1.54, 1.807) is 0 Å². The molecule has 0 spiro atoms. The lowest BCUT2D eigenvalue weighted by molar-refractivity contribution is 0.200. The predicted octanol–water partition coefficient (Wildman–Crippen LogP) is 2.87. The fourth-order valence-corrected chi connectivity index (χ4v) is 2.05. The summed E-state index contributed by atoms with van der Waals surface area (Å²) in [6.07, 6.45) is 0.500. The first-order chi connectivity index (χ1) is 8.45. The van der Waals surface area contributed by atoms with Gasteiger partial charge in [-0.15, -0.1) is 0 Å². The van der Waals surface area contributed by atoms with Gasteiger partial charge in [0.25, 0.3) is 0 Å². The summed E-state index contributed by atoms with van der Waals surface area (Å²) in [5.74, 6) is 0.587. The van der Waals surface area contributed by atoms with Gasteiger partial charge >= 0.3 is 6.09 Å². The standard InChI is InChI=1S/C14H22N2O2/c1-6-7-15-14(17)18-12-8-10(2)13(16(4)5)11(3)9-12/h8-9H,6-7H2,1-5H3,(H,15,17). The van der Waals surface area contributed by atoms with Crippen LogP contribution < -0.4 is 15.0 Å². The van der Waals surface area contributed by atoms with Crippen molar-refractivity contribution in [2.24, 2.45) is 0 Å². The predicted molar refractivity (Wildman–Crippen MR) is 74.6 cm³/mol. The van der Waals surface area contributed by atoms with E-state index in [1.165, 1.54) is 0 Å². The highest BCUT2D eigenvalue weighted by molar-refractivity contribution is 5.71. The number of hydrogen-bond donors (Lipinski definition) is 1. The van der Waals surface area contributed by atoms with Crippen molar-refractivity contribution in [3.05, 3.63) is 23.3 Å². The Morgan fingerprint density at radius 1 is 1.28 bits per heavy atom. The quantitative estimate of drug-likeness (QED) is 0.893. The molecule has 0 saturated carbocycles. The SMILES string of the molecule is CCCNC(=O)Oc1cc(C)c(N(C)C)c(C)c1. The molecule has 0 aliphatic carbocycles. The fraction of sp³-hybridized carbons (Fsp3) is 0.500. The van der Waals surface area contributed by atoms with Crippen molar-refractivity contribution in [3.8, 4) is 5.75 Å². The smallest absolute Gasteiger partial charge is 0.410 e. The first-order valence-electron chi connectivity index (χ1n) is 6.20. The summed E-state index contributed by atoms with van der Waals surface area (Å²) in [6.45, 7) is 6.66. The van der Waals surface area contributed by atoms with E-state index in [4.69, 9.17) is 4.74 Å². The fourth-order valence-electron chi connectivity index (χ4n) is 2.05. The second kappa shape index (κ2) is 6.28. The third-order valence-corrected chi connectivity index (χ3v) is 2.64. The Bertz CT molecular complexity index is 405. The van der Waals surface area contributed by atoms with Crippen molar-refractivity contribution < 1.29 is 9.53 Å². The Hall–Kier alpha value is -1.71. The minimum Gasteiger partial charge on any atom is -0.410 e. The Morgan fingerprint density at radius 2 is 1.83 bits per heavy atom. The summed E-state index contributed by atoms with van der Waals surface area (Å²) >= 11 is 0. The molecule has 0 aliphatic heterocycles. The molecule has 1 amide bonds. The monoisotopic (exact) mass is 250 g/mol. The van der Waals surface area contributed by atoms with Gasteiger partial charge in [0.1, 0.15) is 5.75 Å². The topological polar surface area (TPSA) is 41.6 Å². The molecule has 1 aromatic carbocycles. The third-order valence-electron chi connectivity index (χ3n) is 2.64. The molecule has 0 radical (unpaired) electrons. The molecule has 0 saturated heterocycles. The van der Waals surface area contributed by atoms with Crippen LogP contribution in [0.5, 0.6) is 5.75 Å². The average Bonchev–Trinajstić information content (AvgIpc) is 2.24. The van der Waals surface area contributed by atoms with Crippen molar-refractivity contribution in [1.29, 1.82) is 0 Å². The highest BCUT2D eigenvalue weighted by Crippen LogP contribution is 2.28. The van der Waals surface area contributed by atoms with Crippen molar-refractivity contribution in [1.82, 2.24) is 5.32 Å². The Kier molecular flexibility index (Phi) is 5.01. The van der Waals surface area contributed by atoms with E-state index >= 15 is 0 Å². The Labute approximate surface area is 109 Å². The summed E-state index contributed by atoms with van der Waals surface area (Å²) in [5, 5.41) is 2.69. The highest BCUT2D eigenvalue weighted by Gasteiger charge is 2.10. The van der Waals surface area contributed by atoms with Gasteiger partial charge in [0.15, 0.2) is 0 Å². The number of nitrogens with zero attached hydrogens (tertiary/aromatic N) is 1. The van der Waals surface area contributed by atoms with E-state index in [9.17, 15) is 4.79 Å². The first-order valence-corrected chi connectivity index (χ1v) is 6.20. The lowest BCUT2D eigenvalue weighted by atomic mass is 10.1. The lowest BCUT2D eigenvalue weighted by Crippen LogP contribution is -2.27. The molecule has 1 rings (SSSR count). The number of amides is 1. The van der Waals surface area contributed by atoms with Gasteiger partial charge in [-0.3, -0.25) is 0 Å². The maximum Gasteiger partial charge on any atom is 0.412 e. The summed E-state index contributed by atoms with van der Waals surface area (Å²) < 4.78 is 5.24. The number of ether oxygens (including phenoxy) is 1. The zero-order valence-corrected chi connectivity index (χ0v) is 11.8. The number of aryl methyl sites for hydroxylation is 2. The number of carbonyl (C=O) groups excluding carboxylic acids is 1. The van der Waals surface area contributed by atoms with E-state index in [2.05, 4.69) is 10.2 Å². The summed E-state index contributed by atoms with van der Waals surface area (Å²) in [6, 6.07) is 3.77. The molecule has 0 bridgehead atoms. The second-order valence-electron chi connectivity index (χ2n) is 4.62. The van der Waals surface area contributed by atoms with Crippen LogP contribution in [0.15, 0.2) is 12.1 Å². The summed E-state index contributed by atoms with van der Waals surface area (Å²) in [5.41, 5.74) is 3.35. The molecular weight excluding hydrogens is 228 g/mol. The van der Waals surface area contributed by atoms with E-state index < -0.39 is 6.09 Å². The normalized spacial score (nSPS) is 10.1. The maximum absolute atomic E-state index is 11.5. The largest absolute Gasteiger partial charge is 0.412 e. The minimum absolute atomic E-state index is 0.395. The summed E-state index contributed by atoms with van der Waals surface area (Å²) in [7, 11) is 4.01. The van der Waals surface area contributed by atoms with Crippen LogP contribution >= 0.6 is 0 Å². The first kappa shape index (κ1) is 14.4. The van der Waals surface area contributed by atoms with Crippen molar-refractivity contribution in [3.63, 3.8) is 0 Å². The number of hydrogen-bond acceptors (Lipinski definition) is 3. The van der Waals surface area contributed by atoms with Crippen LogP contribution in [0.3, 0.4) is 0 Å². The summed E-state index contributed by atoms with van der Waals surface area (Å²) in [4.78, 5) is 13.5. The molecule has 4 heteroatoms. The van der Waals surface area contributed by atoms with Gasteiger partial charge in [0.2, 0.25) is 0 Å². The zero-order valence-electron chi connectivity index (χ0n) is 11.8. The van der Waals surface area contributed by atoms with Crippen LogP contribution in [0.2, 0.25) is 0 Å². The zero-order chi connectivity index (χ0) is 13.7. The van der Waals surface area contributed by atoms with Crippen LogP contribution in [-0.4, -0.2) is 26.7 Å². The number of rotatable bonds is 4. The van der Waals surface area contributed by atoms with Crippen molar-refractivity contribution in [2.45, 2.75) is 27.2 Å². The lowest BCUT2D eigenvalue weighted by Gasteiger charge is -2.19. The molecule has 1 aromatic rings. The van der Waals surface area contributed by atoms with Crippen molar-refractivity contribution in [2.75, 3.05) is 25.5 Å². The molecule has 1 N–H and O–H groups in total. The van der Waals surface area contributed by atoms with Crippen LogP contribution in [0.4, 0.5) is 10.5 Å². The minimum atomic E-state index is -0.395. The molecule has 0 aromatic heterocycles.